The molecule has 17 heavy (non-hydrogen) atoms. The molecule has 86 valence electrons. The van der Waals surface area contributed by atoms with Gasteiger partial charge >= 0.3 is 5.97 Å². The average molecular weight is 234 g/mol. The van der Waals surface area contributed by atoms with E-state index in [9.17, 15) is 14.0 Å². The van der Waals surface area contributed by atoms with Gasteiger partial charge in [0.05, 0.1) is 5.69 Å². The standard InChI is InChI=1S/C11H7FN2O3/c12-7-1-3-8(4-2-7)14-6-13-5-9(10(14)15)11(16)17/h1-6H,(H,16,17). The molecule has 0 fully saturated rings. The van der Waals surface area contributed by atoms with Crippen LogP contribution in [-0.2, 0) is 0 Å². The maximum absolute atomic E-state index is 12.7. The summed E-state index contributed by atoms with van der Waals surface area (Å²) in [6.07, 6.45) is 2.16. The molecule has 0 aliphatic heterocycles. The quantitative estimate of drug-likeness (QED) is 0.843. The molecule has 1 heterocycles. The second-order valence-corrected chi connectivity index (χ2v) is 3.26. The molecule has 0 spiro atoms. The lowest BCUT2D eigenvalue weighted by Crippen LogP contribution is -2.25. The lowest BCUT2D eigenvalue weighted by Gasteiger charge is -2.05. The minimum atomic E-state index is -1.35. The molecular weight excluding hydrogens is 227 g/mol. The Balaban J connectivity index is 2.61. The summed E-state index contributed by atoms with van der Waals surface area (Å²) in [6.45, 7) is 0. The molecule has 0 radical (unpaired) electrons. The molecule has 0 bridgehead atoms. The average Bonchev–Trinajstić information content (AvgIpc) is 2.30. The number of nitrogens with zero attached hydrogens (tertiary/aromatic N) is 2. The molecule has 1 aromatic carbocycles. The molecule has 6 heteroatoms. The van der Waals surface area contributed by atoms with Crippen molar-refractivity contribution in [1.82, 2.24) is 9.55 Å². The summed E-state index contributed by atoms with van der Waals surface area (Å²) in [7, 11) is 0. The van der Waals surface area contributed by atoms with Crippen LogP contribution in [0.25, 0.3) is 5.69 Å². The predicted molar refractivity (Wildman–Crippen MR) is 56.8 cm³/mol. The smallest absolute Gasteiger partial charge is 0.342 e. The summed E-state index contributed by atoms with van der Waals surface area (Å²) >= 11 is 0. The van der Waals surface area contributed by atoms with Crippen LogP contribution in [0.4, 0.5) is 4.39 Å². The fourth-order valence-corrected chi connectivity index (χ4v) is 1.34. The van der Waals surface area contributed by atoms with Crippen molar-refractivity contribution < 1.29 is 14.3 Å². The Labute approximate surface area is 94.8 Å². The lowest BCUT2D eigenvalue weighted by molar-refractivity contribution is 0.0694. The molecule has 2 aromatic rings. The van der Waals surface area contributed by atoms with Crippen LogP contribution in [0.3, 0.4) is 0 Å². The van der Waals surface area contributed by atoms with Crippen LogP contribution in [0.15, 0.2) is 41.6 Å². The molecule has 1 aromatic heterocycles. The zero-order valence-corrected chi connectivity index (χ0v) is 8.50. The first-order valence-electron chi connectivity index (χ1n) is 4.65. The van der Waals surface area contributed by atoms with Gasteiger partial charge in [-0.25, -0.2) is 14.2 Å². The minimum absolute atomic E-state index is 0.354. The number of aromatic carboxylic acids is 1. The van der Waals surface area contributed by atoms with E-state index in [1.165, 1.54) is 30.6 Å². The van der Waals surface area contributed by atoms with Crippen LogP contribution in [0.2, 0.25) is 0 Å². The summed E-state index contributed by atoms with van der Waals surface area (Å²) < 4.78 is 13.8. The first kappa shape index (κ1) is 11.0. The van der Waals surface area contributed by atoms with E-state index in [2.05, 4.69) is 4.98 Å². The number of halogens is 1. The van der Waals surface area contributed by atoms with Crippen LogP contribution in [0.5, 0.6) is 0 Å². The third-order valence-corrected chi connectivity index (χ3v) is 2.17. The van der Waals surface area contributed by atoms with E-state index < -0.39 is 22.9 Å². The zero-order chi connectivity index (χ0) is 12.4. The van der Waals surface area contributed by atoms with Gasteiger partial charge in [-0.3, -0.25) is 9.36 Å². The van der Waals surface area contributed by atoms with Crippen molar-refractivity contribution in [2.45, 2.75) is 0 Å². The largest absolute Gasteiger partial charge is 0.477 e. The Bertz CT molecular complexity index is 619. The number of carboxylic acid groups (broad SMARTS) is 1. The van der Waals surface area contributed by atoms with Gasteiger partial charge in [-0.05, 0) is 24.3 Å². The second kappa shape index (κ2) is 4.17. The molecule has 0 amide bonds. The van der Waals surface area contributed by atoms with Gasteiger partial charge < -0.3 is 5.11 Å². The molecule has 0 saturated carbocycles. The van der Waals surface area contributed by atoms with E-state index in [0.29, 0.717) is 5.69 Å². The van der Waals surface area contributed by atoms with Gasteiger partial charge in [-0.1, -0.05) is 0 Å². The first-order chi connectivity index (χ1) is 8.09. The number of aromatic nitrogens is 2. The normalized spacial score (nSPS) is 10.2. The Kier molecular flexibility index (Phi) is 2.70. The van der Waals surface area contributed by atoms with E-state index in [-0.39, 0.29) is 0 Å². The van der Waals surface area contributed by atoms with Crippen molar-refractivity contribution in [1.29, 1.82) is 0 Å². The Morgan fingerprint density at radius 2 is 1.94 bits per heavy atom. The summed E-state index contributed by atoms with van der Waals surface area (Å²) in [5, 5.41) is 8.77. The van der Waals surface area contributed by atoms with Gasteiger partial charge in [0.1, 0.15) is 17.7 Å². The van der Waals surface area contributed by atoms with E-state index in [1.54, 1.807) is 0 Å². The summed E-state index contributed by atoms with van der Waals surface area (Å²) in [4.78, 5) is 26.1. The molecular formula is C11H7FN2O3. The molecule has 0 aliphatic rings. The van der Waals surface area contributed by atoms with Crippen molar-refractivity contribution in [3.63, 3.8) is 0 Å². The fourth-order valence-electron chi connectivity index (χ4n) is 1.34. The van der Waals surface area contributed by atoms with Gasteiger partial charge in [0, 0.05) is 6.20 Å². The fraction of sp³-hybridized carbons (Fsp3) is 0. The van der Waals surface area contributed by atoms with E-state index in [4.69, 9.17) is 5.11 Å². The van der Waals surface area contributed by atoms with Crippen molar-refractivity contribution in [2.24, 2.45) is 0 Å². The highest BCUT2D eigenvalue weighted by molar-refractivity contribution is 5.86. The molecule has 1 N–H and O–H groups in total. The van der Waals surface area contributed by atoms with Crippen LogP contribution in [0, 0.1) is 5.82 Å². The minimum Gasteiger partial charge on any atom is -0.477 e. The number of benzene rings is 1. The maximum atomic E-state index is 12.7. The number of hydrogen-bond donors (Lipinski definition) is 1. The maximum Gasteiger partial charge on any atom is 0.342 e. The Morgan fingerprint density at radius 3 is 2.53 bits per heavy atom. The lowest BCUT2D eigenvalue weighted by atomic mass is 10.3. The Hall–Kier alpha value is -2.50. The summed E-state index contributed by atoms with van der Waals surface area (Å²) in [6, 6.07) is 5.08. The van der Waals surface area contributed by atoms with Crippen molar-refractivity contribution in [3.05, 3.63) is 58.5 Å². The highest BCUT2D eigenvalue weighted by atomic mass is 19.1. The van der Waals surface area contributed by atoms with Gasteiger partial charge in [0.15, 0.2) is 0 Å². The van der Waals surface area contributed by atoms with Crippen LogP contribution in [0.1, 0.15) is 10.4 Å². The van der Waals surface area contributed by atoms with Gasteiger partial charge in [-0.15, -0.1) is 0 Å². The van der Waals surface area contributed by atoms with Crippen LogP contribution >= 0.6 is 0 Å². The predicted octanol–water partition coefficient (Wildman–Crippen LogP) is 1.07. The van der Waals surface area contributed by atoms with Gasteiger partial charge in [-0.2, -0.15) is 0 Å². The highest BCUT2D eigenvalue weighted by Crippen LogP contribution is 2.06. The molecule has 2 rings (SSSR count). The second-order valence-electron chi connectivity index (χ2n) is 3.26. The van der Waals surface area contributed by atoms with Gasteiger partial charge in [0.2, 0.25) is 0 Å². The summed E-state index contributed by atoms with van der Waals surface area (Å²) in [5.41, 5.74) is -0.789. The van der Waals surface area contributed by atoms with Crippen LogP contribution < -0.4 is 5.56 Å². The van der Waals surface area contributed by atoms with E-state index >= 15 is 0 Å². The Morgan fingerprint density at radius 1 is 1.29 bits per heavy atom. The number of carboxylic acids is 1. The van der Waals surface area contributed by atoms with E-state index in [0.717, 1.165) is 10.8 Å². The zero-order valence-electron chi connectivity index (χ0n) is 8.50. The van der Waals surface area contributed by atoms with Crippen LogP contribution in [-0.4, -0.2) is 20.6 Å². The number of carbonyl (C=O) groups is 1. The highest BCUT2D eigenvalue weighted by Gasteiger charge is 2.11. The molecule has 0 aliphatic carbocycles. The number of hydrogen-bond acceptors (Lipinski definition) is 3. The molecule has 0 atom stereocenters. The molecule has 0 unspecified atom stereocenters. The van der Waals surface area contributed by atoms with Crippen molar-refractivity contribution in [2.75, 3.05) is 0 Å². The SMILES string of the molecule is O=C(O)c1cncn(-c2ccc(F)cc2)c1=O. The van der Waals surface area contributed by atoms with Gasteiger partial charge in [0.25, 0.3) is 5.56 Å². The van der Waals surface area contributed by atoms with Crippen molar-refractivity contribution in [3.8, 4) is 5.69 Å². The third kappa shape index (κ3) is 2.05. The topological polar surface area (TPSA) is 72.2 Å². The summed E-state index contributed by atoms with van der Waals surface area (Å²) in [5.74, 6) is -1.79. The third-order valence-electron chi connectivity index (χ3n) is 2.17. The number of rotatable bonds is 2. The van der Waals surface area contributed by atoms with Crippen molar-refractivity contribution >= 4 is 5.97 Å². The molecule has 5 nitrogen and oxygen atoms in total. The van der Waals surface area contributed by atoms with E-state index in [1.807, 2.05) is 0 Å². The monoisotopic (exact) mass is 234 g/mol. The first-order valence-corrected chi connectivity index (χ1v) is 4.65. The molecule has 0 saturated heterocycles.